The number of aldehydes is 1. The summed E-state index contributed by atoms with van der Waals surface area (Å²) in [6.07, 6.45) is 0.740. The van der Waals surface area contributed by atoms with Crippen molar-refractivity contribution in [3.8, 4) is 17.6 Å². The average molecular weight is 281 g/mol. The molecule has 21 heavy (non-hydrogen) atoms. The summed E-state index contributed by atoms with van der Waals surface area (Å²) in [5.74, 6) is 1.12. The molecule has 4 nitrogen and oxygen atoms in total. The van der Waals surface area contributed by atoms with Crippen molar-refractivity contribution in [3.63, 3.8) is 0 Å². The van der Waals surface area contributed by atoms with Crippen molar-refractivity contribution in [2.24, 2.45) is 0 Å². The molecule has 0 aliphatic rings. The molecule has 4 heteroatoms. The van der Waals surface area contributed by atoms with Crippen LogP contribution in [0.15, 0.2) is 36.4 Å². The zero-order chi connectivity index (χ0) is 15.2. The van der Waals surface area contributed by atoms with Gasteiger partial charge in [0.15, 0.2) is 6.29 Å². The molecule has 0 unspecified atom stereocenters. The standard InChI is InChI=1S/C17H15NO3/c1-12-7-13(9-18)3-4-14(12)11-21-17-6-5-16(20-2)8-15(17)10-19/h3-8,10H,11H2,1-2H3. The van der Waals surface area contributed by atoms with Gasteiger partial charge in [-0.3, -0.25) is 4.79 Å². The highest BCUT2D eigenvalue weighted by Crippen LogP contribution is 2.24. The maximum Gasteiger partial charge on any atom is 0.153 e. The Hall–Kier alpha value is -2.80. The van der Waals surface area contributed by atoms with Crippen LogP contribution in [0.4, 0.5) is 0 Å². The van der Waals surface area contributed by atoms with Gasteiger partial charge < -0.3 is 9.47 Å². The Morgan fingerprint density at radius 1 is 1.24 bits per heavy atom. The fourth-order valence-electron chi connectivity index (χ4n) is 1.96. The molecule has 0 fully saturated rings. The van der Waals surface area contributed by atoms with Crippen LogP contribution in [-0.2, 0) is 6.61 Å². The van der Waals surface area contributed by atoms with E-state index in [4.69, 9.17) is 14.7 Å². The van der Waals surface area contributed by atoms with E-state index in [0.29, 0.717) is 29.2 Å². The van der Waals surface area contributed by atoms with Gasteiger partial charge in [-0.1, -0.05) is 6.07 Å². The molecule has 2 aromatic rings. The predicted octanol–water partition coefficient (Wildman–Crippen LogP) is 3.27. The second kappa shape index (κ2) is 6.58. The first kappa shape index (κ1) is 14.6. The van der Waals surface area contributed by atoms with Gasteiger partial charge in [-0.25, -0.2) is 0 Å². The first-order chi connectivity index (χ1) is 10.2. The van der Waals surface area contributed by atoms with E-state index < -0.39 is 0 Å². The van der Waals surface area contributed by atoms with Crippen LogP contribution in [0, 0.1) is 18.3 Å². The zero-order valence-corrected chi connectivity index (χ0v) is 11.9. The molecule has 0 aromatic heterocycles. The molecule has 0 saturated heterocycles. The van der Waals surface area contributed by atoms with Crippen LogP contribution in [0.25, 0.3) is 0 Å². The second-order valence-electron chi connectivity index (χ2n) is 4.56. The Morgan fingerprint density at radius 3 is 2.67 bits per heavy atom. The van der Waals surface area contributed by atoms with Crippen LogP contribution < -0.4 is 9.47 Å². The number of hydrogen-bond acceptors (Lipinski definition) is 4. The molecule has 2 rings (SSSR count). The number of carbonyl (C=O) groups is 1. The number of aryl methyl sites for hydroxylation is 1. The van der Waals surface area contributed by atoms with E-state index in [-0.39, 0.29) is 0 Å². The van der Waals surface area contributed by atoms with Crippen LogP contribution in [0.3, 0.4) is 0 Å². The molecule has 0 N–H and O–H groups in total. The van der Waals surface area contributed by atoms with Crippen molar-refractivity contribution in [2.75, 3.05) is 7.11 Å². The topological polar surface area (TPSA) is 59.3 Å². The van der Waals surface area contributed by atoms with E-state index >= 15 is 0 Å². The van der Waals surface area contributed by atoms with Crippen molar-refractivity contribution in [2.45, 2.75) is 13.5 Å². The molecule has 0 saturated carbocycles. The maximum absolute atomic E-state index is 11.1. The smallest absolute Gasteiger partial charge is 0.153 e. The van der Waals surface area contributed by atoms with Gasteiger partial charge in [-0.2, -0.15) is 5.26 Å². The van der Waals surface area contributed by atoms with Crippen molar-refractivity contribution in [1.29, 1.82) is 5.26 Å². The average Bonchev–Trinajstić information content (AvgIpc) is 2.53. The highest BCUT2D eigenvalue weighted by atomic mass is 16.5. The van der Waals surface area contributed by atoms with Gasteiger partial charge >= 0.3 is 0 Å². The largest absolute Gasteiger partial charge is 0.497 e. The number of methoxy groups -OCH3 is 1. The van der Waals surface area contributed by atoms with Crippen LogP contribution >= 0.6 is 0 Å². The summed E-state index contributed by atoms with van der Waals surface area (Å²) in [6, 6.07) is 12.6. The van der Waals surface area contributed by atoms with Crippen LogP contribution in [0.2, 0.25) is 0 Å². The lowest BCUT2D eigenvalue weighted by Gasteiger charge is -2.11. The fraction of sp³-hybridized carbons (Fsp3) is 0.176. The van der Waals surface area contributed by atoms with Crippen LogP contribution in [0.5, 0.6) is 11.5 Å². The molecule has 0 aliphatic carbocycles. The molecule has 0 amide bonds. The third-order valence-corrected chi connectivity index (χ3v) is 3.20. The zero-order valence-electron chi connectivity index (χ0n) is 11.9. The summed E-state index contributed by atoms with van der Waals surface area (Å²) in [6.45, 7) is 2.26. The number of hydrogen-bond donors (Lipinski definition) is 0. The fourth-order valence-corrected chi connectivity index (χ4v) is 1.96. The minimum Gasteiger partial charge on any atom is -0.497 e. The molecule has 0 heterocycles. The minimum absolute atomic E-state index is 0.338. The Labute approximate surface area is 123 Å². The second-order valence-corrected chi connectivity index (χ2v) is 4.56. The number of ether oxygens (including phenoxy) is 2. The predicted molar refractivity (Wildman–Crippen MR) is 78.6 cm³/mol. The monoisotopic (exact) mass is 281 g/mol. The van der Waals surface area contributed by atoms with Crippen molar-refractivity contribution < 1.29 is 14.3 Å². The number of rotatable bonds is 5. The summed E-state index contributed by atoms with van der Waals surface area (Å²) in [7, 11) is 1.55. The number of benzene rings is 2. The lowest BCUT2D eigenvalue weighted by atomic mass is 10.1. The third kappa shape index (κ3) is 3.40. The van der Waals surface area contributed by atoms with E-state index in [0.717, 1.165) is 17.4 Å². The van der Waals surface area contributed by atoms with Crippen molar-refractivity contribution in [1.82, 2.24) is 0 Å². The summed E-state index contributed by atoms with van der Waals surface area (Å²) in [5, 5.41) is 8.85. The van der Waals surface area contributed by atoms with Crippen molar-refractivity contribution in [3.05, 3.63) is 58.7 Å². The highest BCUT2D eigenvalue weighted by Gasteiger charge is 2.07. The Balaban J connectivity index is 2.17. The third-order valence-electron chi connectivity index (χ3n) is 3.20. The van der Waals surface area contributed by atoms with E-state index in [1.165, 1.54) is 0 Å². The SMILES string of the molecule is COc1ccc(OCc2ccc(C#N)cc2C)c(C=O)c1. The molecule has 2 aromatic carbocycles. The van der Waals surface area contributed by atoms with E-state index in [2.05, 4.69) is 6.07 Å². The quantitative estimate of drug-likeness (QED) is 0.789. The lowest BCUT2D eigenvalue weighted by molar-refractivity contribution is 0.111. The summed E-state index contributed by atoms with van der Waals surface area (Å²) >= 11 is 0. The van der Waals surface area contributed by atoms with Crippen LogP contribution in [-0.4, -0.2) is 13.4 Å². The van der Waals surface area contributed by atoms with E-state index in [1.54, 1.807) is 31.4 Å². The molecular weight excluding hydrogens is 266 g/mol. The summed E-state index contributed by atoms with van der Waals surface area (Å²) in [4.78, 5) is 11.1. The number of nitrogens with zero attached hydrogens (tertiary/aromatic N) is 1. The lowest BCUT2D eigenvalue weighted by Crippen LogP contribution is -2.01. The van der Waals surface area contributed by atoms with Gasteiger partial charge in [-0.15, -0.1) is 0 Å². The molecule has 0 spiro atoms. The Kier molecular flexibility index (Phi) is 4.57. The van der Waals surface area contributed by atoms with Gasteiger partial charge in [0.1, 0.15) is 18.1 Å². The molecular formula is C17H15NO3. The van der Waals surface area contributed by atoms with E-state index in [9.17, 15) is 4.79 Å². The van der Waals surface area contributed by atoms with Gasteiger partial charge in [-0.05, 0) is 48.4 Å². The van der Waals surface area contributed by atoms with Crippen molar-refractivity contribution >= 4 is 6.29 Å². The molecule has 0 atom stereocenters. The molecule has 0 aliphatic heterocycles. The van der Waals surface area contributed by atoms with E-state index in [1.807, 2.05) is 19.1 Å². The molecule has 0 bridgehead atoms. The first-order valence-electron chi connectivity index (χ1n) is 6.43. The number of nitriles is 1. The number of carbonyl (C=O) groups excluding carboxylic acids is 1. The van der Waals surface area contributed by atoms with Gasteiger partial charge in [0.25, 0.3) is 0 Å². The molecule has 0 radical (unpaired) electrons. The normalized spacial score (nSPS) is 9.76. The summed E-state index contributed by atoms with van der Waals surface area (Å²) in [5.41, 5.74) is 3.02. The van der Waals surface area contributed by atoms with Gasteiger partial charge in [0, 0.05) is 0 Å². The Bertz CT molecular complexity index is 702. The van der Waals surface area contributed by atoms with Gasteiger partial charge in [0.05, 0.1) is 24.3 Å². The summed E-state index contributed by atoms with van der Waals surface area (Å²) < 4.78 is 10.8. The maximum atomic E-state index is 11.1. The Morgan fingerprint density at radius 2 is 2.05 bits per heavy atom. The van der Waals surface area contributed by atoms with Gasteiger partial charge in [0.2, 0.25) is 0 Å². The van der Waals surface area contributed by atoms with Crippen LogP contribution in [0.1, 0.15) is 27.0 Å². The first-order valence-corrected chi connectivity index (χ1v) is 6.43. The minimum atomic E-state index is 0.338. The highest BCUT2D eigenvalue weighted by molar-refractivity contribution is 5.80. The molecule has 106 valence electrons.